The van der Waals surface area contributed by atoms with Gasteiger partial charge in [-0.15, -0.1) is 0 Å². The molecule has 3 fully saturated rings. The number of aromatic nitrogens is 5. The van der Waals surface area contributed by atoms with Crippen LogP contribution in [0.25, 0.3) is 22.6 Å². The lowest BCUT2D eigenvalue weighted by Crippen LogP contribution is -2.41. The Morgan fingerprint density at radius 3 is 1.36 bits per heavy atom. The minimum Gasteiger partial charge on any atom is -0.405 e. The molecule has 3 saturated heterocycles. The number of halogens is 3. The van der Waals surface area contributed by atoms with Crippen molar-refractivity contribution in [2.75, 3.05) is 0 Å². The molecule has 0 unspecified atom stereocenters. The maximum Gasteiger partial charge on any atom is 0.494 e. The number of nitriles is 3. The van der Waals surface area contributed by atoms with E-state index in [1.165, 1.54) is 17.5 Å². The monoisotopic (exact) mass is 1230 g/mol. The van der Waals surface area contributed by atoms with Crippen LogP contribution in [0.2, 0.25) is 15.1 Å². The fraction of sp³-hybridized carbons (Fsp3) is 0.403. The number of hydrogen-bond donors (Lipinski definition) is 0. The van der Waals surface area contributed by atoms with Crippen LogP contribution in [0.15, 0.2) is 140 Å². The molecule has 0 aliphatic carbocycles. The van der Waals surface area contributed by atoms with E-state index in [2.05, 4.69) is 96.8 Å². The van der Waals surface area contributed by atoms with Gasteiger partial charge in [-0.3, -0.25) is 15.0 Å². The van der Waals surface area contributed by atoms with Crippen LogP contribution in [-0.4, -0.2) is 79.7 Å². The number of hydrogen-bond acceptors (Lipinski definition) is 14. The minimum absolute atomic E-state index is 0.223. The van der Waals surface area contributed by atoms with Gasteiger partial charge in [-0.1, -0.05) is 101 Å². The van der Waals surface area contributed by atoms with Gasteiger partial charge in [-0.25, -0.2) is 9.97 Å². The summed E-state index contributed by atoms with van der Waals surface area (Å²) in [6, 6.07) is 39.0. The molecule has 7 heterocycles. The fourth-order valence-electron chi connectivity index (χ4n) is 8.04. The number of rotatable bonds is 4. The van der Waals surface area contributed by atoms with E-state index in [4.69, 9.17) is 78.5 Å². The van der Waals surface area contributed by atoms with E-state index in [0.717, 1.165) is 28.1 Å². The van der Waals surface area contributed by atoms with Crippen LogP contribution >= 0.6 is 34.8 Å². The van der Waals surface area contributed by atoms with Crippen LogP contribution in [0.5, 0.6) is 0 Å². The highest BCUT2D eigenvalue weighted by atomic mass is 35.5. The first kappa shape index (κ1) is 71.2. The predicted molar refractivity (Wildman–Crippen MR) is 351 cm³/mol. The Balaban J connectivity index is 0.000000196. The summed E-state index contributed by atoms with van der Waals surface area (Å²) in [4.78, 5) is 21.0. The van der Waals surface area contributed by atoms with Crippen LogP contribution in [0.3, 0.4) is 0 Å². The van der Waals surface area contributed by atoms with Gasteiger partial charge in [-0.05, 0) is 202 Å². The van der Waals surface area contributed by atoms with Gasteiger partial charge in [0.15, 0.2) is 0 Å². The van der Waals surface area contributed by atoms with E-state index < -0.39 is 32.3 Å². The SMILES string of the molecule is CC(C)(C)c1cccnc1.CC1(C)OB(B2OC(C)(C)C(C)(C)O2)OC1(C)C.CC1(C)OB(c2cc(Cl)cc(C#N)c2)OC1(C)C.Cc1ccc(C(C)(C)C)cn1.N#Cc1cc(Cl)cc(-c2cc(-c3ccccn3)ncn2)c1.N#Cc1cccc(Cl)c1. The number of nitrogens with zero attached hydrogens (tertiary/aromatic N) is 8. The average Bonchev–Trinajstić information content (AvgIpc) is 1.69. The fourth-order valence-corrected chi connectivity index (χ4v) is 8.71. The van der Waals surface area contributed by atoms with Crippen molar-refractivity contribution in [3.63, 3.8) is 0 Å². The van der Waals surface area contributed by atoms with Crippen molar-refractivity contribution in [1.29, 1.82) is 15.8 Å². The van der Waals surface area contributed by atoms with Crippen LogP contribution in [0, 0.1) is 40.9 Å². The van der Waals surface area contributed by atoms with Crippen molar-refractivity contribution >= 4 is 61.4 Å². The van der Waals surface area contributed by atoms with Gasteiger partial charge in [0.25, 0.3) is 0 Å². The van der Waals surface area contributed by atoms with E-state index >= 15 is 0 Å². The molecule has 20 heteroatoms. The second-order valence-electron chi connectivity index (χ2n) is 26.1. The Hall–Kier alpha value is -6.52. The molecule has 0 amide bonds. The molecule has 87 heavy (non-hydrogen) atoms. The zero-order valence-corrected chi connectivity index (χ0v) is 55.9. The summed E-state index contributed by atoms with van der Waals surface area (Å²) in [5, 5.41) is 27.9. The third kappa shape index (κ3) is 20.0. The number of pyridine rings is 3. The lowest BCUT2D eigenvalue weighted by molar-refractivity contribution is 0.00578. The molecule has 454 valence electrons. The third-order valence-electron chi connectivity index (χ3n) is 15.5. The number of aryl methyl sites for hydroxylation is 1. The Kier molecular flexibility index (Phi) is 23.9. The summed E-state index contributed by atoms with van der Waals surface area (Å²) in [5.74, 6) is 0. The molecule has 3 aliphatic rings. The largest absolute Gasteiger partial charge is 0.494 e. The van der Waals surface area contributed by atoms with Crippen molar-refractivity contribution < 1.29 is 27.9 Å². The highest BCUT2D eigenvalue weighted by Crippen LogP contribution is 2.43. The van der Waals surface area contributed by atoms with Crippen LogP contribution in [0.1, 0.15) is 158 Å². The molecule has 0 radical (unpaired) electrons. The maximum atomic E-state index is 9.01. The summed E-state index contributed by atoms with van der Waals surface area (Å²) < 4.78 is 35.7. The highest BCUT2D eigenvalue weighted by Gasteiger charge is 2.63. The molecule has 3 aliphatic heterocycles. The molecule has 10 rings (SSSR count). The first-order chi connectivity index (χ1) is 40.3. The Labute approximate surface area is 532 Å². The Morgan fingerprint density at radius 1 is 0.425 bits per heavy atom. The topological polar surface area (TPSA) is 191 Å². The van der Waals surface area contributed by atoms with Gasteiger partial charge < -0.3 is 27.9 Å². The van der Waals surface area contributed by atoms with Crippen LogP contribution < -0.4 is 5.46 Å². The Bertz CT molecular complexity index is 3460. The summed E-state index contributed by atoms with van der Waals surface area (Å²) in [6.45, 7) is 39.3. The van der Waals surface area contributed by atoms with Gasteiger partial charge in [0, 0.05) is 51.1 Å². The standard InChI is InChI=1S/C16H9ClN4.C13H15BClNO2.C12H24B2O4.C10H15N.C9H13N.C7H4ClN/c17-13-6-11(9-18)5-12(7-13)15-8-16(21-10-20-15)14-3-1-2-4-19-14;1-12(2)13(3,4)18-14(17-12)10-5-9(8-16)6-11(15)7-10;1-9(2)10(3,4)16-13(15-9)14-17-11(5,6)12(7,8)18-14;1-8-5-6-9(7-11-8)10(2,3)4;1-9(2,3)8-5-4-6-10-7-8;8-7-3-1-2-6(4-7)5-9/h1-8,10H;5-7H,1-4H3;1-8H3;5-7H,1-4H3;4-7H,1-3H3;1-4H. The molecule has 14 nitrogen and oxygen atoms in total. The maximum absolute atomic E-state index is 9.01. The van der Waals surface area contributed by atoms with E-state index in [9.17, 15) is 0 Å². The van der Waals surface area contributed by atoms with E-state index in [0.29, 0.717) is 37.5 Å². The van der Waals surface area contributed by atoms with Crippen molar-refractivity contribution in [2.45, 2.75) is 176 Å². The van der Waals surface area contributed by atoms with Crippen molar-refractivity contribution in [3.05, 3.63) is 189 Å². The summed E-state index contributed by atoms with van der Waals surface area (Å²) in [7, 11) is -1.44. The van der Waals surface area contributed by atoms with E-state index in [1.54, 1.807) is 73.1 Å². The average molecular weight is 1230 g/mol. The summed E-state index contributed by atoms with van der Waals surface area (Å²) in [6.07, 6.45) is 8.86. The van der Waals surface area contributed by atoms with E-state index in [-0.39, 0.29) is 33.2 Å². The molecular formula is C67H80B3Cl3N8O6. The van der Waals surface area contributed by atoms with Crippen molar-refractivity contribution in [1.82, 2.24) is 24.9 Å². The Morgan fingerprint density at radius 2 is 0.920 bits per heavy atom. The zero-order chi connectivity index (χ0) is 65.0. The van der Waals surface area contributed by atoms with Crippen molar-refractivity contribution in [3.8, 4) is 40.9 Å². The molecule has 0 spiro atoms. The van der Waals surface area contributed by atoms with Gasteiger partial charge in [0.05, 0.1) is 85.6 Å². The molecule has 3 aromatic carbocycles. The van der Waals surface area contributed by atoms with E-state index in [1.807, 2.05) is 139 Å². The zero-order valence-electron chi connectivity index (χ0n) is 53.7. The lowest BCUT2D eigenvalue weighted by atomic mass is 9.49. The normalized spacial score (nSPS) is 17.0. The summed E-state index contributed by atoms with van der Waals surface area (Å²) >= 11 is 17.6. The van der Waals surface area contributed by atoms with Gasteiger partial charge in [-0.2, -0.15) is 15.8 Å². The summed E-state index contributed by atoms with van der Waals surface area (Å²) in [5.41, 5.74) is 7.23. The smallest absolute Gasteiger partial charge is 0.405 e. The van der Waals surface area contributed by atoms with Gasteiger partial charge in [0.1, 0.15) is 6.33 Å². The molecule has 0 bridgehead atoms. The highest BCUT2D eigenvalue weighted by molar-refractivity contribution is 7.11. The first-order valence-electron chi connectivity index (χ1n) is 28.5. The molecule has 0 saturated carbocycles. The van der Waals surface area contributed by atoms with Gasteiger partial charge >= 0.3 is 21.1 Å². The first-order valence-corrected chi connectivity index (χ1v) is 29.7. The molecule has 0 atom stereocenters. The quantitative estimate of drug-likeness (QED) is 0.151. The molecule has 0 N–H and O–H groups in total. The molecule has 4 aromatic heterocycles. The van der Waals surface area contributed by atoms with Gasteiger partial charge in [0.2, 0.25) is 0 Å². The lowest BCUT2D eigenvalue weighted by Gasteiger charge is -2.32. The van der Waals surface area contributed by atoms with Crippen molar-refractivity contribution in [2.24, 2.45) is 0 Å². The van der Waals surface area contributed by atoms with Crippen LogP contribution in [-0.2, 0) is 38.8 Å². The second kappa shape index (κ2) is 29.2. The number of benzene rings is 3. The second-order valence-corrected chi connectivity index (χ2v) is 27.4. The molecular weight excluding hydrogens is 1150 g/mol. The predicted octanol–water partition coefficient (Wildman–Crippen LogP) is 15.8. The third-order valence-corrected chi connectivity index (χ3v) is 16.2. The minimum atomic E-state index is -0.485. The molecule has 7 aromatic rings. The van der Waals surface area contributed by atoms with Crippen LogP contribution in [0.4, 0.5) is 0 Å².